The van der Waals surface area contributed by atoms with Crippen LogP contribution in [0.25, 0.3) is 0 Å². The van der Waals surface area contributed by atoms with Gasteiger partial charge in [0.05, 0.1) is 0 Å². The minimum absolute atomic E-state index is 0.0748. The molecule has 2 aromatic rings. The Morgan fingerprint density at radius 3 is 2.61 bits per heavy atom. The zero-order chi connectivity index (χ0) is 24.6. The highest BCUT2D eigenvalue weighted by atomic mass is 19.1. The highest BCUT2D eigenvalue weighted by Crippen LogP contribution is 2.49. The number of rotatable bonds is 5. The summed E-state index contributed by atoms with van der Waals surface area (Å²) in [5, 5.41) is 2.43. The summed E-state index contributed by atoms with van der Waals surface area (Å²) in [6.45, 7) is 2.18. The van der Waals surface area contributed by atoms with E-state index in [1.54, 1.807) is 23.1 Å². The van der Waals surface area contributed by atoms with Gasteiger partial charge in [-0.1, -0.05) is 12.1 Å². The number of imide groups is 1. The SMILES string of the molecule is O=C1NC(=O)C2(N3Cc4cc(O[C@H]5CCC[C@H]5N5CC(c6cccc(F)c6)C5)ccc4C3=O)CC1C2. The first-order valence-electron chi connectivity index (χ1n) is 12.9. The van der Waals surface area contributed by atoms with E-state index < -0.39 is 5.54 Å². The van der Waals surface area contributed by atoms with Crippen molar-refractivity contribution >= 4 is 17.7 Å². The van der Waals surface area contributed by atoms with Crippen LogP contribution in [0.2, 0.25) is 0 Å². The first kappa shape index (κ1) is 22.0. The fourth-order valence-corrected chi connectivity index (χ4v) is 6.91. The van der Waals surface area contributed by atoms with Crippen molar-refractivity contribution in [3.63, 3.8) is 0 Å². The number of piperidine rings is 2. The van der Waals surface area contributed by atoms with Crippen LogP contribution in [0, 0.1) is 11.7 Å². The van der Waals surface area contributed by atoms with Crippen LogP contribution >= 0.6 is 0 Å². The molecule has 0 unspecified atom stereocenters. The van der Waals surface area contributed by atoms with Crippen LogP contribution in [0.15, 0.2) is 42.5 Å². The number of nitrogens with one attached hydrogen (secondary N) is 1. The number of halogens is 1. The Kier molecular flexibility index (Phi) is 4.80. The van der Waals surface area contributed by atoms with Gasteiger partial charge in [-0.15, -0.1) is 0 Å². The van der Waals surface area contributed by atoms with Crippen LogP contribution in [-0.4, -0.2) is 58.3 Å². The van der Waals surface area contributed by atoms with E-state index in [1.807, 2.05) is 18.2 Å². The molecule has 4 heterocycles. The summed E-state index contributed by atoms with van der Waals surface area (Å²) in [6.07, 6.45) is 4.06. The average Bonchev–Trinajstić information content (AvgIpc) is 3.36. The lowest BCUT2D eigenvalue weighted by Crippen LogP contribution is -2.73. The molecule has 3 amide bonds. The van der Waals surface area contributed by atoms with E-state index in [0.717, 1.165) is 49.2 Å². The molecule has 0 spiro atoms. The van der Waals surface area contributed by atoms with Gasteiger partial charge < -0.3 is 9.64 Å². The summed E-state index contributed by atoms with van der Waals surface area (Å²) in [5.41, 5.74) is 1.63. The molecule has 6 aliphatic rings. The number of fused-ring (bicyclic) bond motifs is 3. The number of carbonyl (C=O) groups excluding carboxylic acids is 3. The summed E-state index contributed by atoms with van der Waals surface area (Å²) in [7, 11) is 0. The van der Waals surface area contributed by atoms with Crippen LogP contribution in [0.3, 0.4) is 0 Å². The van der Waals surface area contributed by atoms with Gasteiger partial charge in [0.15, 0.2) is 0 Å². The molecule has 1 N–H and O–H groups in total. The largest absolute Gasteiger partial charge is 0.489 e. The monoisotopic (exact) mass is 489 g/mol. The Hall–Kier alpha value is -3.26. The topological polar surface area (TPSA) is 79.0 Å². The van der Waals surface area contributed by atoms with Crippen LogP contribution in [0.5, 0.6) is 5.75 Å². The fraction of sp³-hybridized carbons (Fsp3) is 0.464. The predicted octanol–water partition coefficient (Wildman–Crippen LogP) is 2.99. The molecule has 36 heavy (non-hydrogen) atoms. The third kappa shape index (κ3) is 3.23. The maximum Gasteiger partial charge on any atom is 0.255 e. The van der Waals surface area contributed by atoms with E-state index in [9.17, 15) is 18.8 Å². The van der Waals surface area contributed by atoms with Gasteiger partial charge in [0, 0.05) is 43.1 Å². The molecule has 7 nitrogen and oxygen atoms in total. The van der Waals surface area contributed by atoms with Crippen molar-refractivity contribution in [2.45, 2.75) is 62.3 Å². The molecule has 2 bridgehead atoms. The molecular weight excluding hydrogens is 461 g/mol. The molecule has 8 heteroatoms. The second-order valence-corrected chi connectivity index (χ2v) is 11.0. The van der Waals surface area contributed by atoms with Gasteiger partial charge in [-0.2, -0.15) is 0 Å². The van der Waals surface area contributed by atoms with Crippen LogP contribution in [-0.2, 0) is 16.1 Å². The molecule has 0 aromatic heterocycles. The number of ether oxygens (including phenoxy) is 1. The van der Waals surface area contributed by atoms with Gasteiger partial charge in [-0.3, -0.25) is 24.6 Å². The minimum atomic E-state index is -0.901. The lowest BCUT2D eigenvalue weighted by molar-refractivity contribution is -0.160. The number of hydrogen-bond donors (Lipinski definition) is 1. The van der Waals surface area contributed by atoms with Crippen molar-refractivity contribution in [1.82, 2.24) is 15.1 Å². The standard InChI is InChI=1S/C28H28FN3O4/c29-20-4-1-3-16(9-20)19-13-31(14-19)23-5-2-6-24(23)36-21-7-8-22-17(10-21)15-32(26(22)34)28-11-18(12-28)25(33)30-27(28)35/h1,3-4,7-10,18-19,23-24H,2,5-6,11-15H2,(H,30,33,35)/t18?,23-,24+,28?/m1/s1. The Labute approximate surface area is 208 Å². The summed E-state index contributed by atoms with van der Waals surface area (Å²) >= 11 is 0. The summed E-state index contributed by atoms with van der Waals surface area (Å²) in [5.74, 6) is 0.00827. The first-order chi connectivity index (χ1) is 17.4. The molecule has 3 saturated heterocycles. The van der Waals surface area contributed by atoms with Crippen molar-refractivity contribution in [3.05, 3.63) is 65.0 Å². The van der Waals surface area contributed by atoms with Crippen molar-refractivity contribution in [3.8, 4) is 5.75 Å². The van der Waals surface area contributed by atoms with Crippen LogP contribution in [0.1, 0.15) is 59.5 Å². The van der Waals surface area contributed by atoms with Crippen molar-refractivity contribution in [1.29, 1.82) is 0 Å². The van der Waals surface area contributed by atoms with Gasteiger partial charge >= 0.3 is 0 Å². The van der Waals surface area contributed by atoms with Gasteiger partial charge in [-0.05, 0) is 73.6 Å². The highest BCUT2D eigenvalue weighted by molar-refractivity contribution is 6.10. The van der Waals surface area contributed by atoms with Crippen LogP contribution < -0.4 is 10.1 Å². The molecule has 2 aliphatic carbocycles. The third-order valence-electron chi connectivity index (χ3n) is 9.00. The number of nitrogens with zero attached hydrogens (tertiary/aromatic N) is 2. The van der Waals surface area contributed by atoms with E-state index in [4.69, 9.17) is 4.74 Å². The minimum Gasteiger partial charge on any atom is -0.489 e. The molecule has 5 fully saturated rings. The molecule has 4 aliphatic heterocycles. The molecule has 8 rings (SSSR count). The predicted molar refractivity (Wildman–Crippen MR) is 128 cm³/mol. The molecule has 0 radical (unpaired) electrons. The third-order valence-corrected chi connectivity index (χ3v) is 9.00. The van der Waals surface area contributed by atoms with Gasteiger partial charge in [0.25, 0.3) is 11.8 Å². The van der Waals surface area contributed by atoms with Crippen molar-refractivity contribution in [2.24, 2.45) is 5.92 Å². The highest BCUT2D eigenvalue weighted by Gasteiger charge is 2.63. The lowest BCUT2D eigenvalue weighted by Gasteiger charge is -2.53. The van der Waals surface area contributed by atoms with E-state index in [1.165, 1.54) is 6.07 Å². The first-order valence-corrected chi connectivity index (χ1v) is 12.9. The number of hydrogen-bond acceptors (Lipinski definition) is 5. The second-order valence-electron chi connectivity index (χ2n) is 11.0. The fourth-order valence-electron chi connectivity index (χ4n) is 6.91. The second kappa shape index (κ2) is 7.87. The molecule has 186 valence electrons. The summed E-state index contributed by atoms with van der Waals surface area (Å²) in [6, 6.07) is 12.8. The van der Waals surface area contributed by atoms with Gasteiger partial charge in [0.1, 0.15) is 23.2 Å². The maximum atomic E-state index is 13.6. The Morgan fingerprint density at radius 1 is 1.00 bits per heavy atom. The maximum absolute atomic E-state index is 13.6. The summed E-state index contributed by atoms with van der Waals surface area (Å²) in [4.78, 5) is 41.7. The lowest BCUT2D eigenvalue weighted by atomic mass is 9.63. The van der Waals surface area contributed by atoms with E-state index in [2.05, 4.69) is 10.2 Å². The Balaban J connectivity index is 1.03. The molecule has 2 atom stereocenters. The molecular formula is C28H28FN3O4. The van der Waals surface area contributed by atoms with Crippen molar-refractivity contribution in [2.75, 3.05) is 13.1 Å². The zero-order valence-corrected chi connectivity index (χ0v) is 19.9. The Bertz CT molecular complexity index is 1280. The number of likely N-dealkylation sites (tertiary alicyclic amines) is 1. The Morgan fingerprint density at radius 2 is 1.83 bits per heavy atom. The van der Waals surface area contributed by atoms with Gasteiger partial charge in [-0.25, -0.2) is 4.39 Å². The average molecular weight is 490 g/mol. The zero-order valence-electron chi connectivity index (χ0n) is 19.9. The summed E-state index contributed by atoms with van der Waals surface area (Å²) < 4.78 is 20.1. The van der Waals surface area contributed by atoms with Gasteiger partial charge in [0.2, 0.25) is 5.91 Å². The van der Waals surface area contributed by atoms with E-state index in [-0.39, 0.29) is 35.6 Å². The number of benzene rings is 2. The van der Waals surface area contributed by atoms with Crippen LogP contribution in [0.4, 0.5) is 4.39 Å². The number of carbonyl (C=O) groups is 3. The smallest absolute Gasteiger partial charge is 0.255 e. The normalized spacial score (nSPS) is 31.6. The van der Waals surface area contributed by atoms with E-state index in [0.29, 0.717) is 36.9 Å². The quantitative estimate of drug-likeness (QED) is 0.654. The van der Waals surface area contributed by atoms with E-state index >= 15 is 0 Å². The molecule has 2 saturated carbocycles. The molecule has 2 aromatic carbocycles. The number of amides is 3. The van der Waals surface area contributed by atoms with Crippen molar-refractivity contribution < 1.29 is 23.5 Å².